The first-order valence-electron chi connectivity index (χ1n) is 8.25. The molecule has 9 nitrogen and oxygen atoms in total. The lowest BCUT2D eigenvalue weighted by Gasteiger charge is -2.14. The molecule has 0 bridgehead atoms. The van der Waals surface area contributed by atoms with Crippen LogP contribution in [0.4, 0.5) is 10.8 Å². The van der Waals surface area contributed by atoms with Gasteiger partial charge in [-0.15, -0.1) is 0 Å². The number of halogens is 1. The van der Waals surface area contributed by atoms with Crippen LogP contribution < -0.4 is 5.32 Å². The van der Waals surface area contributed by atoms with Crippen LogP contribution in [0.25, 0.3) is 10.2 Å². The first-order chi connectivity index (χ1) is 13.6. The number of amides is 1. The van der Waals surface area contributed by atoms with Gasteiger partial charge in [0.15, 0.2) is 5.13 Å². The number of thiazole rings is 1. The van der Waals surface area contributed by atoms with E-state index in [4.69, 9.17) is 11.6 Å². The second kappa shape index (κ2) is 8.03. The molecule has 0 radical (unpaired) electrons. The molecule has 3 rings (SSSR count). The number of nitrogens with zero attached hydrogens (tertiary/aromatic N) is 3. The molecule has 0 saturated heterocycles. The third kappa shape index (κ3) is 4.22. The number of hydrogen-bond donors (Lipinski definition) is 1. The van der Waals surface area contributed by atoms with Crippen LogP contribution in [0, 0.1) is 10.1 Å². The summed E-state index contributed by atoms with van der Waals surface area (Å²) in [5, 5.41) is 14.0. The van der Waals surface area contributed by atoms with Gasteiger partial charge in [-0.3, -0.25) is 20.2 Å². The van der Waals surface area contributed by atoms with Gasteiger partial charge in [0.2, 0.25) is 10.0 Å². The minimum atomic E-state index is -3.62. The third-order valence-electron chi connectivity index (χ3n) is 4.13. The molecule has 3 aromatic rings. The lowest BCUT2D eigenvalue weighted by Crippen LogP contribution is -2.26. The van der Waals surface area contributed by atoms with Gasteiger partial charge < -0.3 is 0 Å². The van der Waals surface area contributed by atoms with E-state index in [0.717, 1.165) is 17.4 Å². The summed E-state index contributed by atoms with van der Waals surface area (Å²) in [4.78, 5) is 27.3. The van der Waals surface area contributed by atoms with Crippen LogP contribution in [0.3, 0.4) is 0 Å². The average Bonchev–Trinajstić information content (AvgIpc) is 3.08. The molecular formula is C17H15ClN4O5S2. The van der Waals surface area contributed by atoms with E-state index in [1.165, 1.54) is 35.6 Å². The Labute approximate surface area is 175 Å². The number of carbonyl (C=O) groups is 1. The summed E-state index contributed by atoms with van der Waals surface area (Å²) in [6.45, 7) is 2.05. The highest BCUT2D eigenvalue weighted by Gasteiger charge is 2.23. The number of carbonyl (C=O) groups excluding carboxylic acids is 1. The topological polar surface area (TPSA) is 123 Å². The maximum absolute atomic E-state index is 12.5. The second-order valence-electron chi connectivity index (χ2n) is 5.94. The van der Waals surface area contributed by atoms with Crippen molar-refractivity contribution in [1.29, 1.82) is 0 Å². The van der Waals surface area contributed by atoms with Gasteiger partial charge >= 0.3 is 0 Å². The highest BCUT2D eigenvalue weighted by atomic mass is 35.5. The molecule has 0 aliphatic heterocycles. The zero-order valence-corrected chi connectivity index (χ0v) is 17.6. The number of fused-ring (bicyclic) bond motifs is 1. The van der Waals surface area contributed by atoms with E-state index in [-0.39, 0.29) is 26.3 Å². The summed E-state index contributed by atoms with van der Waals surface area (Å²) in [6.07, 6.45) is 0. The minimum Gasteiger partial charge on any atom is -0.298 e. The number of anilines is 1. The molecule has 1 heterocycles. The van der Waals surface area contributed by atoms with Crippen molar-refractivity contribution in [3.8, 4) is 0 Å². The van der Waals surface area contributed by atoms with Crippen molar-refractivity contribution in [1.82, 2.24) is 9.29 Å². The zero-order valence-electron chi connectivity index (χ0n) is 15.2. The molecule has 2 aromatic carbocycles. The summed E-state index contributed by atoms with van der Waals surface area (Å²) in [7, 11) is -2.14. The molecule has 12 heteroatoms. The predicted molar refractivity (Wildman–Crippen MR) is 111 cm³/mol. The number of nitro groups is 1. The van der Waals surface area contributed by atoms with E-state index in [2.05, 4.69) is 10.3 Å². The van der Waals surface area contributed by atoms with E-state index >= 15 is 0 Å². The number of nitrogens with one attached hydrogen (secondary N) is 1. The van der Waals surface area contributed by atoms with Crippen molar-refractivity contribution >= 4 is 59.9 Å². The SMILES string of the molecule is CCN(C)S(=O)(=O)c1ccc2nc(NC(=O)c3cc(Cl)ccc3[N+](=O)[O-])sc2c1. The molecule has 1 aromatic heterocycles. The zero-order chi connectivity index (χ0) is 21.3. The summed E-state index contributed by atoms with van der Waals surface area (Å²) >= 11 is 6.91. The molecule has 0 fully saturated rings. The van der Waals surface area contributed by atoms with E-state index in [1.54, 1.807) is 13.0 Å². The Morgan fingerprint density at radius 3 is 2.69 bits per heavy atom. The normalized spacial score (nSPS) is 11.7. The Bertz CT molecular complexity index is 1230. The van der Waals surface area contributed by atoms with Crippen LogP contribution in [0.15, 0.2) is 41.3 Å². The van der Waals surface area contributed by atoms with Gasteiger partial charge in [-0.2, -0.15) is 0 Å². The van der Waals surface area contributed by atoms with Crippen molar-refractivity contribution in [2.24, 2.45) is 0 Å². The summed E-state index contributed by atoms with van der Waals surface area (Å²) in [6, 6.07) is 8.14. The lowest BCUT2D eigenvalue weighted by atomic mass is 10.1. The Hall–Kier alpha value is -2.60. The van der Waals surface area contributed by atoms with Crippen molar-refractivity contribution in [2.75, 3.05) is 18.9 Å². The Morgan fingerprint density at radius 2 is 2.03 bits per heavy atom. The van der Waals surface area contributed by atoms with Gasteiger partial charge in [0.25, 0.3) is 11.6 Å². The van der Waals surface area contributed by atoms with Crippen LogP contribution in [-0.4, -0.2) is 42.1 Å². The number of benzene rings is 2. The van der Waals surface area contributed by atoms with Crippen molar-refractivity contribution in [3.63, 3.8) is 0 Å². The number of sulfonamides is 1. The largest absolute Gasteiger partial charge is 0.298 e. The highest BCUT2D eigenvalue weighted by Crippen LogP contribution is 2.30. The van der Waals surface area contributed by atoms with Crippen LogP contribution in [0.5, 0.6) is 0 Å². The quantitative estimate of drug-likeness (QED) is 0.447. The molecule has 0 atom stereocenters. The van der Waals surface area contributed by atoms with Gasteiger partial charge in [0.05, 0.1) is 20.0 Å². The van der Waals surface area contributed by atoms with E-state index in [0.29, 0.717) is 16.8 Å². The van der Waals surface area contributed by atoms with Crippen molar-refractivity contribution in [3.05, 3.63) is 57.1 Å². The Balaban J connectivity index is 1.93. The average molecular weight is 455 g/mol. The predicted octanol–water partition coefficient (Wildman–Crippen LogP) is 3.75. The first-order valence-corrected chi connectivity index (χ1v) is 10.9. The highest BCUT2D eigenvalue weighted by molar-refractivity contribution is 7.89. The van der Waals surface area contributed by atoms with Gasteiger partial charge in [0.1, 0.15) is 5.56 Å². The first kappa shape index (κ1) is 21.1. The van der Waals surface area contributed by atoms with Crippen LogP contribution in [0.1, 0.15) is 17.3 Å². The third-order valence-corrected chi connectivity index (χ3v) is 7.23. The lowest BCUT2D eigenvalue weighted by molar-refractivity contribution is -0.385. The molecule has 0 saturated carbocycles. The number of hydrogen-bond acceptors (Lipinski definition) is 7. The van der Waals surface area contributed by atoms with Crippen molar-refractivity contribution in [2.45, 2.75) is 11.8 Å². The Kier molecular flexibility index (Phi) is 5.85. The molecule has 1 amide bonds. The molecule has 29 heavy (non-hydrogen) atoms. The van der Waals surface area contributed by atoms with E-state index in [1.807, 2.05) is 0 Å². The molecule has 0 aliphatic carbocycles. The van der Waals surface area contributed by atoms with Gasteiger partial charge in [-0.05, 0) is 30.3 Å². The molecule has 0 spiro atoms. The summed E-state index contributed by atoms with van der Waals surface area (Å²) < 4.78 is 26.7. The second-order valence-corrected chi connectivity index (χ2v) is 9.45. The van der Waals surface area contributed by atoms with Crippen LogP contribution >= 0.6 is 22.9 Å². The molecular weight excluding hydrogens is 440 g/mol. The van der Waals surface area contributed by atoms with Crippen LogP contribution in [0.2, 0.25) is 5.02 Å². The fourth-order valence-corrected chi connectivity index (χ4v) is 4.84. The smallest absolute Gasteiger partial charge is 0.282 e. The molecule has 0 unspecified atom stereocenters. The summed E-state index contributed by atoms with van der Waals surface area (Å²) in [5.41, 5.74) is -0.0948. The number of nitro benzene ring substituents is 1. The molecule has 0 aliphatic rings. The van der Waals surface area contributed by atoms with Gasteiger partial charge in [0, 0.05) is 24.7 Å². The Morgan fingerprint density at radius 1 is 1.31 bits per heavy atom. The van der Waals surface area contributed by atoms with Crippen molar-refractivity contribution < 1.29 is 18.1 Å². The maximum Gasteiger partial charge on any atom is 0.282 e. The number of aromatic nitrogens is 1. The summed E-state index contributed by atoms with van der Waals surface area (Å²) in [5.74, 6) is -0.739. The maximum atomic E-state index is 12.5. The standard InChI is InChI=1S/C17H15ClN4O5S2/c1-3-21(2)29(26,27)11-5-6-13-15(9-11)28-17(19-13)20-16(23)12-8-10(18)4-7-14(12)22(24)25/h4-9H,3H2,1-2H3,(H,19,20,23). The fraction of sp³-hybridized carbons (Fsp3) is 0.176. The monoisotopic (exact) mass is 454 g/mol. The van der Waals surface area contributed by atoms with Gasteiger partial charge in [-0.1, -0.05) is 29.9 Å². The van der Waals surface area contributed by atoms with E-state index < -0.39 is 20.9 Å². The molecule has 152 valence electrons. The van der Waals surface area contributed by atoms with Crippen LogP contribution in [-0.2, 0) is 10.0 Å². The minimum absolute atomic E-state index is 0.112. The van der Waals surface area contributed by atoms with E-state index in [9.17, 15) is 23.3 Å². The van der Waals surface area contributed by atoms with Gasteiger partial charge in [-0.25, -0.2) is 17.7 Å². The fourth-order valence-electron chi connectivity index (χ4n) is 2.48. The number of rotatable bonds is 6. The molecule has 1 N–H and O–H groups in total.